The van der Waals surface area contributed by atoms with Crippen molar-refractivity contribution in [2.75, 3.05) is 23.3 Å². The molecule has 1 atom stereocenters. The van der Waals surface area contributed by atoms with Crippen LogP contribution < -0.4 is 10.2 Å². The van der Waals surface area contributed by atoms with Crippen LogP contribution in [0, 0.1) is 5.82 Å². The molecule has 1 fully saturated rings. The first kappa shape index (κ1) is 16.4. The van der Waals surface area contributed by atoms with Crippen LogP contribution in [-0.4, -0.2) is 46.8 Å². The first-order valence-electron chi connectivity index (χ1n) is 6.56. The molecular formula is C13H9F6N3O2. The number of anilines is 2. The van der Waals surface area contributed by atoms with Gasteiger partial charge in [-0.3, -0.25) is 0 Å². The van der Waals surface area contributed by atoms with Gasteiger partial charge in [-0.15, -0.1) is 0 Å². The first-order valence-corrected chi connectivity index (χ1v) is 6.56. The van der Waals surface area contributed by atoms with Gasteiger partial charge in [0.25, 0.3) is 11.5 Å². The summed E-state index contributed by atoms with van der Waals surface area (Å²) in [5.41, 5.74) is -3.55. The molecule has 1 unspecified atom stereocenters. The minimum Gasteiger partial charge on any atom is -0.479 e. The van der Waals surface area contributed by atoms with E-state index in [0.29, 0.717) is 6.08 Å². The largest absolute Gasteiger partial charge is 0.479 e. The Hall–Kier alpha value is -2.46. The van der Waals surface area contributed by atoms with Crippen LogP contribution in [0.15, 0.2) is 12.1 Å². The molecule has 0 bridgehead atoms. The molecule has 1 aromatic heterocycles. The lowest BCUT2D eigenvalue weighted by atomic mass is 9.93. The van der Waals surface area contributed by atoms with Gasteiger partial charge in [-0.25, -0.2) is 22.9 Å². The summed E-state index contributed by atoms with van der Waals surface area (Å²) < 4.78 is 79.2. The number of hydrogen-bond donors (Lipinski definition) is 2. The summed E-state index contributed by atoms with van der Waals surface area (Å²) in [6, 6.07) is 0.805. The maximum Gasteiger partial charge on any atom is 0.426 e. The summed E-state index contributed by atoms with van der Waals surface area (Å²) in [6.07, 6.45) is -4.08. The third kappa shape index (κ3) is 2.34. The van der Waals surface area contributed by atoms with Crippen molar-refractivity contribution in [3.05, 3.63) is 23.5 Å². The van der Waals surface area contributed by atoms with E-state index in [-0.39, 0.29) is 5.56 Å². The Labute approximate surface area is 130 Å². The van der Waals surface area contributed by atoms with Gasteiger partial charge in [-0.1, -0.05) is 6.08 Å². The zero-order valence-electron chi connectivity index (χ0n) is 11.7. The summed E-state index contributed by atoms with van der Waals surface area (Å²) in [5, 5.41) is 10.7. The topological polar surface area (TPSA) is 65.5 Å². The third-order valence-corrected chi connectivity index (χ3v) is 3.74. The van der Waals surface area contributed by atoms with Gasteiger partial charge >= 0.3 is 12.1 Å². The molecule has 1 saturated heterocycles. The van der Waals surface area contributed by atoms with Crippen molar-refractivity contribution in [1.82, 2.24) is 4.98 Å². The van der Waals surface area contributed by atoms with Crippen LogP contribution in [0.5, 0.6) is 0 Å². The monoisotopic (exact) mass is 353 g/mol. The second-order valence-corrected chi connectivity index (χ2v) is 5.51. The molecule has 3 rings (SSSR count). The van der Waals surface area contributed by atoms with Gasteiger partial charge in [0, 0.05) is 5.56 Å². The van der Waals surface area contributed by atoms with E-state index < -0.39 is 54.1 Å². The number of fused-ring (bicyclic) bond motifs is 1. The number of halogens is 6. The van der Waals surface area contributed by atoms with E-state index in [1.807, 2.05) is 0 Å². The fraction of sp³-hybridized carbons (Fsp3) is 0.385. The average molecular weight is 353 g/mol. The van der Waals surface area contributed by atoms with E-state index in [1.54, 1.807) is 5.32 Å². The number of hydrogen-bond acceptors (Lipinski definition) is 4. The van der Waals surface area contributed by atoms with E-state index in [4.69, 9.17) is 5.11 Å². The summed E-state index contributed by atoms with van der Waals surface area (Å²) in [4.78, 5) is 15.6. The standard InChI is InChI=1S/C13H9F6N3O2/c14-7-3-6-1-2-12(10(23)24,13(17,18)19)21-8(6)20-9(7)22-4-11(15,16)5-22/h1-3H,4-5H2,(H,20,21)(H,23,24). The Bertz CT molecular complexity index is 740. The highest BCUT2D eigenvalue weighted by Crippen LogP contribution is 2.41. The van der Waals surface area contributed by atoms with Gasteiger partial charge in [-0.05, 0) is 12.1 Å². The van der Waals surface area contributed by atoms with E-state index in [9.17, 15) is 31.1 Å². The van der Waals surface area contributed by atoms with E-state index >= 15 is 0 Å². The van der Waals surface area contributed by atoms with Gasteiger partial charge in [0.15, 0.2) is 11.6 Å². The second kappa shape index (κ2) is 4.77. The molecule has 0 amide bonds. The van der Waals surface area contributed by atoms with Crippen LogP contribution in [0.1, 0.15) is 5.56 Å². The maximum absolute atomic E-state index is 13.9. The minimum absolute atomic E-state index is 0.121. The number of rotatable bonds is 2. The highest BCUT2D eigenvalue weighted by molar-refractivity contribution is 5.91. The molecule has 2 aliphatic rings. The number of nitrogens with zero attached hydrogens (tertiary/aromatic N) is 2. The average Bonchev–Trinajstić information content (AvgIpc) is 2.42. The lowest BCUT2D eigenvalue weighted by molar-refractivity contribution is -0.186. The zero-order chi connectivity index (χ0) is 17.9. The molecule has 130 valence electrons. The third-order valence-electron chi connectivity index (χ3n) is 3.74. The molecular weight excluding hydrogens is 344 g/mol. The molecule has 2 aliphatic heterocycles. The number of aliphatic carboxylic acids is 1. The fourth-order valence-electron chi connectivity index (χ4n) is 2.46. The summed E-state index contributed by atoms with van der Waals surface area (Å²) in [6.45, 7) is -1.65. The molecule has 24 heavy (non-hydrogen) atoms. The molecule has 0 spiro atoms. The lowest BCUT2D eigenvalue weighted by Crippen LogP contribution is -2.58. The van der Waals surface area contributed by atoms with Gasteiger partial charge in [0.05, 0.1) is 13.1 Å². The quantitative estimate of drug-likeness (QED) is 0.800. The highest BCUT2D eigenvalue weighted by atomic mass is 19.4. The maximum atomic E-state index is 13.9. The van der Waals surface area contributed by atoms with Crippen molar-refractivity contribution in [1.29, 1.82) is 0 Å². The molecule has 3 heterocycles. The zero-order valence-corrected chi connectivity index (χ0v) is 11.7. The Morgan fingerprint density at radius 3 is 2.46 bits per heavy atom. The molecule has 1 aromatic rings. The van der Waals surface area contributed by atoms with Crippen molar-refractivity contribution >= 4 is 23.7 Å². The van der Waals surface area contributed by atoms with Crippen LogP contribution in [0.3, 0.4) is 0 Å². The number of carboxylic acids is 1. The fourth-order valence-corrected chi connectivity index (χ4v) is 2.46. The number of alkyl halides is 5. The second-order valence-electron chi connectivity index (χ2n) is 5.51. The van der Waals surface area contributed by atoms with Crippen LogP contribution in [-0.2, 0) is 4.79 Å². The van der Waals surface area contributed by atoms with E-state index in [0.717, 1.165) is 17.0 Å². The lowest BCUT2D eigenvalue weighted by Gasteiger charge is -2.40. The van der Waals surface area contributed by atoms with Crippen molar-refractivity contribution in [2.45, 2.75) is 17.6 Å². The molecule has 0 saturated carbocycles. The molecule has 0 radical (unpaired) electrons. The van der Waals surface area contributed by atoms with Crippen molar-refractivity contribution in [3.8, 4) is 0 Å². The van der Waals surface area contributed by atoms with Crippen LogP contribution in [0.4, 0.5) is 38.0 Å². The van der Waals surface area contributed by atoms with Gasteiger partial charge in [0.1, 0.15) is 5.82 Å². The molecule has 11 heteroatoms. The molecule has 0 aliphatic carbocycles. The van der Waals surface area contributed by atoms with Gasteiger partial charge in [-0.2, -0.15) is 13.2 Å². The SMILES string of the molecule is O=C(O)C1(C(F)(F)F)C=Cc2cc(F)c(N3CC(F)(F)C3)nc2N1. The predicted octanol–water partition coefficient (Wildman–Crippen LogP) is 2.50. The van der Waals surface area contributed by atoms with Crippen LogP contribution in [0.2, 0.25) is 0 Å². The van der Waals surface area contributed by atoms with Crippen molar-refractivity contribution in [3.63, 3.8) is 0 Å². The number of nitrogens with one attached hydrogen (secondary N) is 1. The van der Waals surface area contributed by atoms with Gasteiger partial charge < -0.3 is 15.3 Å². The first-order chi connectivity index (χ1) is 11.0. The number of pyridine rings is 1. The predicted molar refractivity (Wildman–Crippen MR) is 70.4 cm³/mol. The minimum atomic E-state index is -5.20. The summed E-state index contributed by atoms with van der Waals surface area (Å²) in [7, 11) is 0. The molecule has 2 N–H and O–H groups in total. The molecule has 5 nitrogen and oxygen atoms in total. The Balaban J connectivity index is 2.01. The number of aromatic nitrogens is 1. The van der Waals surface area contributed by atoms with Crippen molar-refractivity contribution < 1.29 is 36.2 Å². The Kier molecular flexibility index (Phi) is 3.26. The van der Waals surface area contributed by atoms with Crippen molar-refractivity contribution in [2.24, 2.45) is 0 Å². The van der Waals surface area contributed by atoms with Gasteiger partial charge in [0.2, 0.25) is 0 Å². The smallest absolute Gasteiger partial charge is 0.426 e. The van der Waals surface area contributed by atoms with Crippen LogP contribution in [0.25, 0.3) is 6.08 Å². The normalized spacial score (nSPS) is 24.8. The number of carboxylic acid groups (broad SMARTS) is 1. The van der Waals surface area contributed by atoms with E-state index in [2.05, 4.69) is 4.98 Å². The Morgan fingerprint density at radius 1 is 1.33 bits per heavy atom. The highest BCUT2D eigenvalue weighted by Gasteiger charge is 2.61. The van der Waals surface area contributed by atoms with E-state index in [1.165, 1.54) is 0 Å². The summed E-state index contributed by atoms with van der Waals surface area (Å²) >= 11 is 0. The number of carbonyl (C=O) groups is 1. The van der Waals surface area contributed by atoms with Crippen LogP contribution >= 0.6 is 0 Å². The Morgan fingerprint density at radius 2 is 1.96 bits per heavy atom. The summed E-state index contributed by atoms with van der Waals surface area (Å²) in [5.74, 6) is -7.37. The molecule has 0 aromatic carbocycles.